The van der Waals surface area contributed by atoms with Crippen molar-refractivity contribution in [1.29, 1.82) is 0 Å². The molecule has 0 unspecified atom stereocenters. The molecular formula is C16H24N6. The zero-order valence-corrected chi connectivity index (χ0v) is 13.3. The van der Waals surface area contributed by atoms with Crippen LogP contribution in [0.5, 0.6) is 0 Å². The van der Waals surface area contributed by atoms with E-state index in [1.54, 1.807) is 0 Å². The number of anilines is 1. The molecule has 0 bridgehead atoms. The highest BCUT2D eigenvalue weighted by molar-refractivity contribution is 5.47. The predicted octanol–water partition coefficient (Wildman–Crippen LogP) is 1.15. The summed E-state index contributed by atoms with van der Waals surface area (Å²) >= 11 is 0. The van der Waals surface area contributed by atoms with Crippen molar-refractivity contribution < 1.29 is 0 Å². The molecule has 0 aromatic carbocycles. The first-order chi connectivity index (χ1) is 10.7. The first kappa shape index (κ1) is 15.0. The standard InChI is InChI=1S/C16H24N6/c1-13-15(12-19-20-13)11-17-10-14-4-3-5-18-16(14)22-8-6-21(2)7-9-22/h3-5,12,17H,6-11H2,1-2H3,(H,19,20). The minimum absolute atomic E-state index is 0.819. The van der Waals surface area contributed by atoms with Crippen molar-refractivity contribution in [3.8, 4) is 0 Å². The number of hydrogen-bond donors (Lipinski definition) is 2. The van der Waals surface area contributed by atoms with Gasteiger partial charge < -0.3 is 15.1 Å². The Morgan fingerprint density at radius 2 is 1.95 bits per heavy atom. The number of likely N-dealkylation sites (N-methyl/N-ethyl adjacent to an activating group) is 1. The molecule has 1 aliphatic heterocycles. The van der Waals surface area contributed by atoms with Gasteiger partial charge in [-0.15, -0.1) is 0 Å². The molecule has 118 valence electrons. The number of aryl methyl sites for hydroxylation is 1. The van der Waals surface area contributed by atoms with E-state index in [1.165, 1.54) is 11.1 Å². The van der Waals surface area contributed by atoms with Crippen LogP contribution in [0.4, 0.5) is 5.82 Å². The Morgan fingerprint density at radius 1 is 1.18 bits per heavy atom. The van der Waals surface area contributed by atoms with Gasteiger partial charge in [0.05, 0.1) is 6.20 Å². The lowest BCUT2D eigenvalue weighted by Crippen LogP contribution is -2.45. The van der Waals surface area contributed by atoms with Crippen LogP contribution in [-0.4, -0.2) is 53.3 Å². The number of aromatic amines is 1. The maximum absolute atomic E-state index is 4.61. The van der Waals surface area contributed by atoms with E-state index in [9.17, 15) is 0 Å². The smallest absolute Gasteiger partial charge is 0.133 e. The van der Waals surface area contributed by atoms with Gasteiger partial charge in [-0.2, -0.15) is 5.10 Å². The summed E-state index contributed by atoms with van der Waals surface area (Å²) in [5.41, 5.74) is 3.59. The lowest BCUT2D eigenvalue weighted by Gasteiger charge is -2.34. The quantitative estimate of drug-likeness (QED) is 0.867. The fourth-order valence-electron chi connectivity index (χ4n) is 2.76. The molecule has 0 aliphatic carbocycles. The number of hydrogen-bond acceptors (Lipinski definition) is 5. The molecule has 22 heavy (non-hydrogen) atoms. The summed E-state index contributed by atoms with van der Waals surface area (Å²) in [6.07, 6.45) is 3.77. The first-order valence-corrected chi connectivity index (χ1v) is 7.81. The third-order valence-corrected chi connectivity index (χ3v) is 4.24. The Hall–Kier alpha value is -1.92. The number of nitrogens with one attached hydrogen (secondary N) is 2. The molecule has 0 atom stereocenters. The Labute approximate surface area is 131 Å². The largest absolute Gasteiger partial charge is 0.354 e. The molecule has 2 aromatic heterocycles. The number of aromatic nitrogens is 3. The van der Waals surface area contributed by atoms with Crippen LogP contribution in [0, 0.1) is 6.92 Å². The van der Waals surface area contributed by atoms with Crippen molar-refractivity contribution in [2.45, 2.75) is 20.0 Å². The van der Waals surface area contributed by atoms with Crippen LogP contribution < -0.4 is 10.2 Å². The average Bonchev–Trinajstić information content (AvgIpc) is 2.94. The van der Waals surface area contributed by atoms with Gasteiger partial charge in [0.25, 0.3) is 0 Å². The molecule has 1 fully saturated rings. The molecule has 6 nitrogen and oxygen atoms in total. The number of H-pyrrole nitrogens is 1. The molecule has 1 saturated heterocycles. The molecule has 0 saturated carbocycles. The average molecular weight is 300 g/mol. The Kier molecular flexibility index (Phi) is 4.70. The fourth-order valence-corrected chi connectivity index (χ4v) is 2.76. The van der Waals surface area contributed by atoms with Crippen LogP contribution in [0.3, 0.4) is 0 Å². The van der Waals surface area contributed by atoms with Crippen molar-refractivity contribution >= 4 is 5.82 Å². The lowest BCUT2D eigenvalue weighted by molar-refractivity contribution is 0.311. The summed E-state index contributed by atoms with van der Waals surface area (Å²) in [5, 5.41) is 10.5. The maximum atomic E-state index is 4.61. The number of piperazine rings is 1. The minimum Gasteiger partial charge on any atom is -0.354 e. The van der Waals surface area contributed by atoms with E-state index in [4.69, 9.17) is 0 Å². The molecule has 6 heteroatoms. The van der Waals surface area contributed by atoms with Crippen molar-refractivity contribution in [2.24, 2.45) is 0 Å². The molecule has 2 aromatic rings. The van der Waals surface area contributed by atoms with Gasteiger partial charge in [-0.05, 0) is 20.0 Å². The van der Waals surface area contributed by atoms with E-state index in [1.807, 2.05) is 25.4 Å². The van der Waals surface area contributed by atoms with Crippen molar-refractivity contribution in [1.82, 2.24) is 25.4 Å². The molecule has 1 aliphatic rings. The summed E-state index contributed by atoms with van der Waals surface area (Å²) in [5.74, 6) is 1.12. The summed E-state index contributed by atoms with van der Waals surface area (Å²) in [4.78, 5) is 9.36. The third kappa shape index (κ3) is 3.45. The first-order valence-electron chi connectivity index (χ1n) is 7.81. The minimum atomic E-state index is 0.819. The lowest BCUT2D eigenvalue weighted by atomic mass is 10.2. The third-order valence-electron chi connectivity index (χ3n) is 4.24. The van der Waals surface area contributed by atoms with E-state index in [-0.39, 0.29) is 0 Å². The predicted molar refractivity (Wildman–Crippen MR) is 87.8 cm³/mol. The highest BCUT2D eigenvalue weighted by Gasteiger charge is 2.17. The number of rotatable bonds is 5. The van der Waals surface area contributed by atoms with Crippen molar-refractivity contribution in [2.75, 3.05) is 38.1 Å². The molecule has 3 heterocycles. The van der Waals surface area contributed by atoms with Gasteiger partial charge in [-0.1, -0.05) is 6.07 Å². The topological polar surface area (TPSA) is 60.1 Å². The molecule has 2 N–H and O–H groups in total. The summed E-state index contributed by atoms with van der Waals surface area (Å²) in [6.45, 7) is 7.96. The van der Waals surface area contributed by atoms with Gasteiger partial charge in [0.15, 0.2) is 0 Å². The second-order valence-corrected chi connectivity index (χ2v) is 5.90. The molecule has 3 rings (SSSR count). The number of pyridine rings is 1. The second kappa shape index (κ2) is 6.89. The van der Waals surface area contributed by atoms with Crippen molar-refractivity contribution in [3.05, 3.63) is 41.3 Å². The monoisotopic (exact) mass is 300 g/mol. The van der Waals surface area contributed by atoms with Crippen LogP contribution in [0.1, 0.15) is 16.8 Å². The molecule has 0 amide bonds. The van der Waals surface area contributed by atoms with E-state index >= 15 is 0 Å². The Morgan fingerprint density at radius 3 is 2.68 bits per heavy atom. The summed E-state index contributed by atoms with van der Waals surface area (Å²) < 4.78 is 0. The van der Waals surface area contributed by atoms with Crippen LogP contribution in [0.25, 0.3) is 0 Å². The van der Waals surface area contributed by atoms with E-state index < -0.39 is 0 Å². The summed E-state index contributed by atoms with van der Waals surface area (Å²) in [7, 11) is 2.17. The van der Waals surface area contributed by atoms with Gasteiger partial charge in [0.1, 0.15) is 5.82 Å². The van der Waals surface area contributed by atoms with E-state index in [0.29, 0.717) is 0 Å². The Bertz CT molecular complexity index is 600. The van der Waals surface area contributed by atoms with Gasteiger partial charge in [0.2, 0.25) is 0 Å². The molecular weight excluding hydrogens is 276 g/mol. The van der Waals surface area contributed by atoms with Crippen LogP contribution in [-0.2, 0) is 13.1 Å². The van der Waals surface area contributed by atoms with Crippen molar-refractivity contribution in [3.63, 3.8) is 0 Å². The second-order valence-electron chi connectivity index (χ2n) is 5.90. The van der Waals surface area contributed by atoms with Crippen LogP contribution in [0.2, 0.25) is 0 Å². The summed E-state index contributed by atoms with van der Waals surface area (Å²) in [6, 6.07) is 4.18. The number of nitrogens with zero attached hydrogens (tertiary/aromatic N) is 4. The Balaban J connectivity index is 1.62. The van der Waals surface area contributed by atoms with Crippen LogP contribution in [0.15, 0.2) is 24.5 Å². The zero-order valence-electron chi connectivity index (χ0n) is 13.3. The van der Waals surface area contributed by atoms with E-state index in [0.717, 1.165) is 50.8 Å². The van der Waals surface area contributed by atoms with Gasteiger partial charge in [-0.25, -0.2) is 4.98 Å². The SMILES string of the molecule is Cc1[nH]ncc1CNCc1cccnc1N1CCN(C)CC1. The zero-order chi connectivity index (χ0) is 15.4. The fraction of sp³-hybridized carbons (Fsp3) is 0.500. The van der Waals surface area contributed by atoms with Gasteiger partial charge >= 0.3 is 0 Å². The van der Waals surface area contributed by atoms with E-state index in [2.05, 4.69) is 43.4 Å². The highest BCUT2D eigenvalue weighted by atomic mass is 15.3. The highest BCUT2D eigenvalue weighted by Crippen LogP contribution is 2.18. The molecule has 0 spiro atoms. The molecule has 0 radical (unpaired) electrons. The maximum Gasteiger partial charge on any atom is 0.133 e. The normalized spacial score (nSPS) is 16.2. The van der Waals surface area contributed by atoms with Gasteiger partial charge in [-0.3, -0.25) is 5.10 Å². The van der Waals surface area contributed by atoms with Gasteiger partial charge in [0, 0.05) is 62.3 Å². The van der Waals surface area contributed by atoms with Crippen LogP contribution >= 0.6 is 0 Å².